The summed E-state index contributed by atoms with van der Waals surface area (Å²) in [7, 11) is 0. The van der Waals surface area contributed by atoms with E-state index in [-0.39, 0.29) is 0 Å². The van der Waals surface area contributed by atoms with Gasteiger partial charge in [-0.3, -0.25) is 0 Å². The Hall–Kier alpha value is -1.50. The number of nitrogens with zero attached hydrogens (tertiary/aromatic N) is 1. The summed E-state index contributed by atoms with van der Waals surface area (Å²) < 4.78 is 0. The summed E-state index contributed by atoms with van der Waals surface area (Å²) in [6.45, 7) is 12.3. The smallest absolute Gasteiger partial charge is 0.0415 e. The van der Waals surface area contributed by atoms with Crippen LogP contribution in [0.1, 0.15) is 0 Å². The zero-order valence-electron chi connectivity index (χ0n) is 7.16. The van der Waals surface area contributed by atoms with Crippen molar-refractivity contribution in [1.82, 2.24) is 4.90 Å². The fourth-order valence-corrected chi connectivity index (χ4v) is 1.07. The van der Waals surface area contributed by atoms with E-state index in [1.807, 2.05) is 23.1 Å². The van der Waals surface area contributed by atoms with Crippen LogP contribution in [0.4, 0.5) is 0 Å². The summed E-state index contributed by atoms with van der Waals surface area (Å²) in [4.78, 5) is 2.04. The highest BCUT2D eigenvalue weighted by Gasteiger charge is 2.09. The fraction of sp³-hybridized carbons (Fsp3) is 0.0909. The Morgan fingerprint density at radius 2 is 2.33 bits per heavy atom. The van der Waals surface area contributed by atoms with Gasteiger partial charge in [-0.1, -0.05) is 38.0 Å². The first-order chi connectivity index (χ1) is 5.75. The van der Waals surface area contributed by atoms with Crippen LogP contribution in [0.15, 0.2) is 61.5 Å². The van der Waals surface area contributed by atoms with Crippen molar-refractivity contribution in [3.8, 4) is 0 Å². The van der Waals surface area contributed by atoms with Crippen molar-refractivity contribution < 1.29 is 0 Å². The van der Waals surface area contributed by atoms with Gasteiger partial charge >= 0.3 is 0 Å². The molecule has 1 aliphatic heterocycles. The minimum absolute atomic E-state index is 0.874. The second-order valence-corrected chi connectivity index (χ2v) is 2.59. The lowest BCUT2D eigenvalue weighted by atomic mass is 10.3. The molecule has 0 aliphatic carbocycles. The predicted molar refractivity (Wildman–Crippen MR) is 53.5 cm³/mol. The van der Waals surface area contributed by atoms with Crippen molar-refractivity contribution in [2.45, 2.75) is 0 Å². The summed E-state index contributed by atoms with van der Waals surface area (Å²) in [5, 5.41) is 0. The molecule has 0 atom stereocenters. The van der Waals surface area contributed by atoms with E-state index in [0.29, 0.717) is 0 Å². The van der Waals surface area contributed by atoms with Gasteiger partial charge in [-0.15, -0.1) is 0 Å². The quantitative estimate of drug-likeness (QED) is 0.572. The van der Waals surface area contributed by atoms with Crippen LogP contribution in [0.5, 0.6) is 0 Å². The van der Waals surface area contributed by atoms with Gasteiger partial charge in [0.2, 0.25) is 0 Å². The second kappa shape index (κ2) is 3.77. The van der Waals surface area contributed by atoms with Gasteiger partial charge < -0.3 is 4.90 Å². The molecule has 1 nitrogen and oxygen atoms in total. The van der Waals surface area contributed by atoms with Gasteiger partial charge in [-0.25, -0.2) is 0 Å². The Bertz CT molecular complexity index is 269. The van der Waals surface area contributed by atoms with E-state index in [0.717, 1.165) is 17.9 Å². The third-order valence-corrected chi connectivity index (χ3v) is 1.72. The number of hydrogen-bond acceptors (Lipinski definition) is 1. The molecule has 1 heteroatoms. The third kappa shape index (κ3) is 1.76. The summed E-state index contributed by atoms with van der Waals surface area (Å²) >= 11 is 0. The molecule has 12 heavy (non-hydrogen) atoms. The molecule has 0 N–H and O–H groups in total. The Balaban J connectivity index is 2.60. The van der Waals surface area contributed by atoms with Crippen molar-refractivity contribution in [3.63, 3.8) is 0 Å². The van der Waals surface area contributed by atoms with E-state index in [1.54, 1.807) is 6.08 Å². The molecule has 1 rings (SSSR count). The summed E-state index contributed by atoms with van der Waals surface area (Å²) in [6.07, 6.45) is 9.58. The zero-order chi connectivity index (χ0) is 8.97. The van der Waals surface area contributed by atoms with E-state index < -0.39 is 0 Å². The van der Waals surface area contributed by atoms with Crippen LogP contribution >= 0.6 is 0 Å². The normalized spacial score (nSPS) is 16.0. The van der Waals surface area contributed by atoms with Gasteiger partial charge in [-0.05, 0) is 12.2 Å². The Morgan fingerprint density at radius 3 is 2.83 bits per heavy atom. The minimum atomic E-state index is 0.874. The van der Waals surface area contributed by atoms with Crippen molar-refractivity contribution in [1.29, 1.82) is 0 Å². The van der Waals surface area contributed by atoms with E-state index >= 15 is 0 Å². The first-order valence-electron chi connectivity index (χ1n) is 3.86. The molecule has 0 radical (unpaired) electrons. The lowest BCUT2D eigenvalue weighted by Gasteiger charge is -2.18. The van der Waals surface area contributed by atoms with Crippen LogP contribution in [0.2, 0.25) is 0 Å². The highest BCUT2D eigenvalue weighted by Crippen LogP contribution is 2.17. The SMILES string of the molecule is C=C/C=C\C(=C)N1CC=CC1=C. The topological polar surface area (TPSA) is 3.24 Å². The summed E-state index contributed by atoms with van der Waals surface area (Å²) in [5.41, 5.74) is 1.94. The molecule has 0 aromatic rings. The molecule has 0 aromatic heterocycles. The molecule has 62 valence electrons. The largest absolute Gasteiger partial charge is 0.339 e. The van der Waals surface area contributed by atoms with Crippen molar-refractivity contribution in [2.75, 3.05) is 6.54 Å². The maximum Gasteiger partial charge on any atom is 0.0415 e. The van der Waals surface area contributed by atoms with Gasteiger partial charge in [0, 0.05) is 17.9 Å². The minimum Gasteiger partial charge on any atom is -0.339 e. The summed E-state index contributed by atoms with van der Waals surface area (Å²) in [5.74, 6) is 0. The van der Waals surface area contributed by atoms with E-state index in [2.05, 4.69) is 25.8 Å². The Kier molecular flexibility index (Phi) is 2.70. The molecule has 0 unspecified atom stereocenters. The highest BCUT2D eigenvalue weighted by atomic mass is 15.1. The van der Waals surface area contributed by atoms with Gasteiger partial charge in [-0.2, -0.15) is 0 Å². The van der Waals surface area contributed by atoms with Gasteiger partial charge in [0.05, 0.1) is 0 Å². The van der Waals surface area contributed by atoms with Crippen LogP contribution in [0, 0.1) is 0 Å². The maximum absolute atomic E-state index is 3.92. The number of hydrogen-bond donors (Lipinski definition) is 0. The van der Waals surface area contributed by atoms with Gasteiger partial charge in [0.25, 0.3) is 0 Å². The monoisotopic (exact) mass is 159 g/mol. The molecule has 0 spiro atoms. The van der Waals surface area contributed by atoms with Crippen LogP contribution in [-0.2, 0) is 0 Å². The average Bonchev–Trinajstić information content (AvgIpc) is 2.47. The maximum atomic E-state index is 3.92. The Labute approximate surface area is 73.7 Å². The lowest BCUT2D eigenvalue weighted by Crippen LogP contribution is -2.14. The first kappa shape index (κ1) is 8.60. The van der Waals surface area contributed by atoms with Crippen LogP contribution in [0.3, 0.4) is 0 Å². The highest BCUT2D eigenvalue weighted by molar-refractivity contribution is 5.31. The van der Waals surface area contributed by atoms with Crippen molar-refractivity contribution >= 4 is 0 Å². The molecule has 0 saturated carbocycles. The standard InChI is InChI=1S/C11H13N/c1-4-5-7-10(2)12-9-6-8-11(12)3/h4-8H,1-3,9H2/b7-5-. The average molecular weight is 159 g/mol. The molecule has 0 aromatic carbocycles. The molecule has 1 aliphatic rings. The zero-order valence-corrected chi connectivity index (χ0v) is 7.16. The number of rotatable bonds is 3. The van der Waals surface area contributed by atoms with Crippen LogP contribution in [0.25, 0.3) is 0 Å². The van der Waals surface area contributed by atoms with Gasteiger partial charge in [0.1, 0.15) is 0 Å². The fourth-order valence-electron chi connectivity index (χ4n) is 1.07. The molecule has 0 fully saturated rings. The lowest BCUT2D eigenvalue weighted by molar-refractivity contribution is 0.528. The van der Waals surface area contributed by atoms with Crippen LogP contribution < -0.4 is 0 Å². The Morgan fingerprint density at radius 1 is 1.58 bits per heavy atom. The molecule has 0 amide bonds. The van der Waals surface area contributed by atoms with Crippen molar-refractivity contribution in [3.05, 3.63) is 61.5 Å². The molecule has 0 saturated heterocycles. The van der Waals surface area contributed by atoms with Crippen molar-refractivity contribution in [2.24, 2.45) is 0 Å². The van der Waals surface area contributed by atoms with E-state index in [4.69, 9.17) is 0 Å². The van der Waals surface area contributed by atoms with E-state index in [1.165, 1.54) is 0 Å². The molecule has 0 bridgehead atoms. The third-order valence-electron chi connectivity index (χ3n) is 1.72. The van der Waals surface area contributed by atoms with E-state index in [9.17, 15) is 0 Å². The molecule has 1 heterocycles. The summed E-state index contributed by atoms with van der Waals surface area (Å²) in [6, 6.07) is 0. The molecular formula is C11H13N. The molecular weight excluding hydrogens is 146 g/mol. The van der Waals surface area contributed by atoms with Crippen LogP contribution in [-0.4, -0.2) is 11.4 Å². The number of allylic oxidation sites excluding steroid dienone is 4. The predicted octanol–water partition coefficient (Wildman–Crippen LogP) is 2.63. The first-order valence-corrected chi connectivity index (χ1v) is 3.86. The second-order valence-electron chi connectivity index (χ2n) is 2.59. The van der Waals surface area contributed by atoms with Gasteiger partial charge in [0.15, 0.2) is 0 Å².